The van der Waals surface area contributed by atoms with Crippen LogP contribution in [0, 0.1) is 11.7 Å². The Morgan fingerprint density at radius 2 is 1.77 bits per heavy atom. The van der Waals surface area contributed by atoms with Crippen molar-refractivity contribution in [1.29, 1.82) is 0 Å². The minimum absolute atomic E-state index is 0.00465. The Morgan fingerprint density at radius 3 is 2.44 bits per heavy atom. The molecular formula is C32H47FN6O3S. The van der Waals surface area contributed by atoms with E-state index in [4.69, 9.17) is 0 Å². The van der Waals surface area contributed by atoms with Gasteiger partial charge in [0, 0.05) is 57.5 Å². The van der Waals surface area contributed by atoms with Gasteiger partial charge in [0.15, 0.2) is 0 Å². The second-order valence-electron chi connectivity index (χ2n) is 12.9. The van der Waals surface area contributed by atoms with Crippen LogP contribution >= 0.6 is 0 Å². The van der Waals surface area contributed by atoms with Gasteiger partial charge in [-0.05, 0) is 101 Å². The number of carbonyl (C=O) groups excluding carboxylic acids is 1. The fraction of sp³-hybridized carbons (Fsp3) is 0.625. The number of nitrogens with zero attached hydrogens (tertiary/aromatic N) is 5. The molecule has 236 valence electrons. The van der Waals surface area contributed by atoms with Crippen molar-refractivity contribution in [1.82, 2.24) is 24.4 Å². The van der Waals surface area contributed by atoms with E-state index in [1.807, 2.05) is 26.2 Å². The maximum atomic E-state index is 14.4. The largest absolute Gasteiger partial charge is 0.339 e. The number of nitrogens with one attached hydrogen (secondary N) is 1. The number of likely N-dealkylation sites (tertiary alicyclic amines) is 1. The summed E-state index contributed by atoms with van der Waals surface area (Å²) in [5, 5.41) is 0. The average molecular weight is 615 g/mol. The van der Waals surface area contributed by atoms with E-state index < -0.39 is 15.8 Å². The lowest BCUT2D eigenvalue weighted by atomic mass is 9.85. The molecule has 3 aliphatic rings. The highest BCUT2D eigenvalue weighted by Gasteiger charge is 2.32. The Morgan fingerprint density at radius 1 is 1.05 bits per heavy atom. The summed E-state index contributed by atoms with van der Waals surface area (Å²) in [4.78, 5) is 26.8. The lowest BCUT2D eigenvalue weighted by molar-refractivity contribution is 0.0755. The van der Waals surface area contributed by atoms with Crippen LogP contribution in [0.1, 0.15) is 68.3 Å². The van der Waals surface area contributed by atoms with Gasteiger partial charge in [0.1, 0.15) is 5.82 Å². The molecule has 2 fully saturated rings. The van der Waals surface area contributed by atoms with Crippen molar-refractivity contribution in [3.05, 3.63) is 53.6 Å². The molecule has 3 heterocycles. The molecule has 1 amide bonds. The van der Waals surface area contributed by atoms with Gasteiger partial charge in [-0.2, -0.15) is 0 Å². The van der Waals surface area contributed by atoms with E-state index in [0.717, 1.165) is 82.5 Å². The van der Waals surface area contributed by atoms with Gasteiger partial charge in [0.25, 0.3) is 5.91 Å². The number of piperidine rings is 1. The zero-order chi connectivity index (χ0) is 30.7. The maximum absolute atomic E-state index is 14.4. The maximum Gasteiger partial charge on any atom is 0.256 e. The first-order valence-corrected chi connectivity index (χ1v) is 17.6. The zero-order valence-corrected chi connectivity index (χ0v) is 26.8. The van der Waals surface area contributed by atoms with E-state index in [-0.39, 0.29) is 18.0 Å². The van der Waals surface area contributed by atoms with E-state index in [9.17, 15) is 17.6 Å². The van der Waals surface area contributed by atoms with E-state index >= 15 is 0 Å². The van der Waals surface area contributed by atoms with Crippen LogP contribution in [0.4, 0.5) is 15.8 Å². The number of benzene rings is 1. The molecule has 1 saturated carbocycles. The monoisotopic (exact) mass is 614 g/mol. The number of aromatic nitrogens is 1. The van der Waals surface area contributed by atoms with Crippen LogP contribution in [-0.4, -0.2) is 98.2 Å². The van der Waals surface area contributed by atoms with Gasteiger partial charge >= 0.3 is 0 Å². The van der Waals surface area contributed by atoms with E-state index in [0.29, 0.717) is 29.8 Å². The van der Waals surface area contributed by atoms with E-state index in [1.165, 1.54) is 18.4 Å². The minimum Gasteiger partial charge on any atom is -0.339 e. The number of sulfonamides is 1. The van der Waals surface area contributed by atoms with Crippen molar-refractivity contribution < 1.29 is 17.6 Å². The molecule has 0 radical (unpaired) electrons. The van der Waals surface area contributed by atoms with Crippen molar-refractivity contribution in [3.63, 3.8) is 0 Å². The van der Waals surface area contributed by atoms with Crippen molar-refractivity contribution in [2.45, 2.75) is 77.0 Å². The molecule has 0 bridgehead atoms. The van der Waals surface area contributed by atoms with Crippen LogP contribution in [0.2, 0.25) is 0 Å². The molecule has 9 nitrogen and oxygen atoms in total. The molecule has 1 aromatic carbocycles. The number of carbonyl (C=O) groups is 1. The molecule has 1 aliphatic carbocycles. The second kappa shape index (κ2) is 13.6. The minimum atomic E-state index is -3.14. The first kappa shape index (κ1) is 31.8. The summed E-state index contributed by atoms with van der Waals surface area (Å²) in [6.45, 7) is 9.45. The van der Waals surface area contributed by atoms with Crippen LogP contribution in [0.15, 0.2) is 36.7 Å². The van der Waals surface area contributed by atoms with Gasteiger partial charge in [0.05, 0.1) is 29.4 Å². The topological polar surface area (TPSA) is 89.1 Å². The molecule has 5 rings (SSSR count). The van der Waals surface area contributed by atoms with Gasteiger partial charge < -0.3 is 14.7 Å². The quantitative estimate of drug-likeness (QED) is 0.476. The smallest absolute Gasteiger partial charge is 0.256 e. The molecule has 0 unspecified atom stereocenters. The fourth-order valence-electron chi connectivity index (χ4n) is 6.94. The van der Waals surface area contributed by atoms with Crippen LogP contribution in [0.25, 0.3) is 0 Å². The van der Waals surface area contributed by atoms with E-state index in [1.54, 1.807) is 18.0 Å². The van der Waals surface area contributed by atoms with Crippen molar-refractivity contribution in [2.75, 3.05) is 50.9 Å². The second-order valence-corrected chi connectivity index (χ2v) is 14.7. The lowest BCUT2D eigenvalue weighted by Gasteiger charge is -2.40. The van der Waals surface area contributed by atoms with Crippen LogP contribution in [-0.2, 0) is 16.6 Å². The van der Waals surface area contributed by atoms with Crippen molar-refractivity contribution in [2.24, 2.45) is 5.92 Å². The molecule has 1 aromatic heterocycles. The van der Waals surface area contributed by atoms with Gasteiger partial charge in [-0.15, -0.1) is 0 Å². The highest BCUT2D eigenvalue weighted by Crippen LogP contribution is 2.36. The number of halogens is 1. The number of anilines is 2. The number of rotatable bonds is 8. The summed E-state index contributed by atoms with van der Waals surface area (Å²) in [5.74, 6) is 0.0173. The third-order valence-corrected chi connectivity index (χ3v) is 10.3. The molecule has 11 heteroatoms. The summed E-state index contributed by atoms with van der Waals surface area (Å²) in [6, 6.07) is 7.13. The van der Waals surface area contributed by atoms with Gasteiger partial charge in [0.2, 0.25) is 10.0 Å². The van der Waals surface area contributed by atoms with Gasteiger partial charge in [-0.1, -0.05) is 0 Å². The number of amides is 1. The van der Waals surface area contributed by atoms with Crippen LogP contribution < -0.4 is 9.62 Å². The Balaban J connectivity index is 1.23. The average Bonchev–Trinajstić information content (AvgIpc) is 3.17. The summed E-state index contributed by atoms with van der Waals surface area (Å²) in [7, 11) is -1.39. The number of hydrogen-bond donors (Lipinski definition) is 1. The Labute approximate surface area is 256 Å². The van der Waals surface area contributed by atoms with Gasteiger partial charge in [-0.25, -0.2) is 17.5 Å². The van der Waals surface area contributed by atoms with Gasteiger partial charge in [-0.3, -0.25) is 14.7 Å². The first-order valence-electron chi connectivity index (χ1n) is 15.7. The number of pyridine rings is 1. The summed E-state index contributed by atoms with van der Waals surface area (Å²) in [6.07, 6.45) is 11.1. The highest BCUT2D eigenvalue weighted by atomic mass is 32.2. The summed E-state index contributed by atoms with van der Waals surface area (Å²) >= 11 is 0. The molecule has 2 aromatic rings. The predicted octanol–water partition coefficient (Wildman–Crippen LogP) is 4.23. The molecule has 0 atom stereocenters. The van der Waals surface area contributed by atoms with Crippen LogP contribution in [0.5, 0.6) is 0 Å². The summed E-state index contributed by atoms with van der Waals surface area (Å²) < 4.78 is 40.4. The molecule has 0 spiro atoms. The number of fused-ring (bicyclic) bond motifs is 1. The summed E-state index contributed by atoms with van der Waals surface area (Å²) in [5.41, 5.74) is 3.21. The third kappa shape index (κ3) is 7.92. The molecule has 1 saturated heterocycles. The standard InChI is InChI=1S/C32H47FN6O3S/c1-23(2)36(3)32(40)29-19-26(33)7-10-30(29)39-18-17-38(22-25-11-14-34-20-31(25)39)28-12-15-37(16-13-28)21-24-5-8-27(9-6-24)35-43(4,41)42/h7,10-11,14,19-20,23-24,27-28,35H,5-6,8-9,12-13,15-18,21-22H2,1-4H3/t24-,27-. The van der Waals surface area contributed by atoms with Crippen molar-refractivity contribution >= 4 is 27.3 Å². The van der Waals surface area contributed by atoms with Crippen molar-refractivity contribution in [3.8, 4) is 0 Å². The first-order chi connectivity index (χ1) is 20.5. The lowest BCUT2D eigenvalue weighted by Crippen LogP contribution is -2.47. The third-order valence-electron chi connectivity index (χ3n) is 9.55. The number of hydrogen-bond acceptors (Lipinski definition) is 7. The van der Waals surface area contributed by atoms with Crippen LogP contribution in [0.3, 0.4) is 0 Å². The predicted molar refractivity (Wildman–Crippen MR) is 168 cm³/mol. The Bertz CT molecular complexity index is 1370. The highest BCUT2D eigenvalue weighted by molar-refractivity contribution is 7.88. The molecule has 1 N–H and O–H groups in total. The SMILES string of the molecule is CC(C)N(C)C(=O)c1cc(F)ccc1N1CCN(C2CCN(C[C@H]3CC[C@H](NS(C)(=O)=O)CC3)CC2)Cc2ccncc21. The molecule has 2 aliphatic heterocycles. The fourth-order valence-corrected chi connectivity index (χ4v) is 7.78. The Hall–Kier alpha value is -2.60. The molecule has 43 heavy (non-hydrogen) atoms. The molecular weight excluding hydrogens is 567 g/mol. The zero-order valence-electron chi connectivity index (χ0n) is 26.0. The van der Waals surface area contributed by atoms with E-state index in [2.05, 4.69) is 30.5 Å². The Kier molecular flexibility index (Phi) is 10.0. The normalized spacial score (nSPS) is 22.8.